The van der Waals surface area contributed by atoms with Gasteiger partial charge in [0.1, 0.15) is 0 Å². The molecule has 9 rings (SSSR count). The third-order valence-corrected chi connectivity index (χ3v) is 8.49. The van der Waals surface area contributed by atoms with Crippen LogP contribution in [0.15, 0.2) is 176 Å². The van der Waals surface area contributed by atoms with E-state index in [1.807, 2.05) is 54.6 Å². The molecule has 1 aromatic heterocycles. The number of aromatic nitrogens is 3. The fourth-order valence-corrected chi connectivity index (χ4v) is 6.16. The Kier molecular flexibility index (Phi) is 4.87. The monoisotopic (exact) mass is 620 g/mol. The van der Waals surface area contributed by atoms with E-state index in [4.69, 9.17) is 22.3 Å². The molecule has 0 unspecified atom stereocenters. The Morgan fingerprint density at radius 2 is 0.708 bits per heavy atom. The Hall–Kier alpha value is -6.45. The summed E-state index contributed by atoms with van der Waals surface area (Å²) in [5.41, 5.74) is 2.22. The molecule has 0 radical (unpaired) electrons. The van der Waals surface area contributed by atoms with Crippen molar-refractivity contribution in [2.75, 3.05) is 0 Å². The number of fused-ring (bicyclic) bond motifs is 6. The zero-order chi connectivity index (χ0) is 39.7. The van der Waals surface area contributed by atoms with E-state index in [1.165, 1.54) is 26.9 Å². The molecule has 0 atom stereocenters. The minimum atomic E-state index is -0.643. The lowest BCUT2D eigenvalue weighted by Gasteiger charge is -2.12. The second kappa shape index (κ2) is 11.7. The topological polar surface area (TPSA) is 38.7 Å². The van der Waals surface area contributed by atoms with Crippen LogP contribution in [0.4, 0.5) is 0 Å². The van der Waals surface area contributed by atoms with Crippen molar-refractivity contribution in [1.29, 1.82) is 0 Å². The van der Waals surface area contributed by atoms with Gasteiger partial charge in [0.15, 0.2) is 17.5 Å². The van der Waals surface area contributed by atoms with E-state index in [1.54, 1.807) is 0 Å². The molecule has 224 valence electrons. The average Bonchev–Trinajstić information content (AvgIpc) is 3.25. The molecule has 0 fully saturated rings. The lowest BCUT2D eigenvalue weighted by atomic mass is 9.92. The van der Waals surface area contributed by atoms with Gasteiger partial charge in [0, 0.05) is 16.7 Å². The molecule has 0 amide bonds. The molecule has 9 aromatic rings. The summed E-state index contributed by atoms with van der Waals surface area (Å²) in [5.74, 6) is 0.383. The molecular formula is C45H29N3. The van der Waals surface area contributed by atoms with Crippen LogP contribution in [0.2, 0.25) is 0 Å². The van der Waals surface area contributed by atoms with Gasteiger partial charge in [0.05, 0.1) is 12.3 Å². The minimum absolute atomic E-state index is 0.110. The SMILES string of the molecule is [2H]c1c([2H])c([2H])c(-c2c([2H])c([2H])c(-c3nc(-c4ccccc4)nc(-c4ccc(-c5ccc6c7ccccc7c7ccccc7c6c5)cc4)n3)c([2H])c2[2H])c([2H])c1[2H]. The van der Waals surface area contributed by atoms with Crippen LogP contribution >= 0.6 is 0 Å². The van der Waals surface area contributed by atoms with Gasteiger partial charge in [-0.05, 0) is 60.6 Å². The van der Waals surface area contributed by atoms with Gasteiger partial charge < -0.3 is 0 Å². The standard InChI is InChI=1S/C45H29N3/c1-3-11-30(12-4-1)31-19-23-34(24-20-31)44-46-43(33-13-5-2-6-14-33)47-45(48-44)35-25-21-32(22-26-35)36-27-28-41-39-17-8-7-15-37(39)38-16-9-10-18-40(38)42(41)29-36/h1-29H/i1D,3D,4D,11D,12D,19D,20D,23D,24D. The van der Waals surface area contributed by atoms with E-state index < -0.39 is 65.5 Å². The largest absolute Gasteiger partial charge is 0.208 e. The highest BCUT2D eigenvalue weighted by atomic mass is 15.0. The van der Waals surface area contributed by atoms with Gasteiger partial charge in [0.25, 0.3) is 0 Å². The summed E-state index contributed by atoms with van der Waals surface area (Å²) in [7, 11) is 0. The first-order valence-electron chi connectivity index (χ1n) is 20.0. The molecular weight excluding hydrogens is 583 g/mol. The summed E-state index contributed by atoms with van der Waals surface area (Å²) >= 11 is 0. The summed E-state index contributed by atoms with van der Waals surface area (Å²) in [6.45, 7) is 0. The highest BCUT2D eigenvalue weighted by Crippen LogP contribution is 2.37. The Morgan fingerprint density at radius 3 is 1.31 bits per heavy atom. The number of benzene rings is 8. The van der Waals surface area contributed by atoms with Crippen molar-refractivity contribution in [3.63, 3.8) is 0 Å². The predicted octanol–water partition coefficient (Wildman–Crippen LogP) is 11.7. The molecule has 0 aliphatic rings. The highest BCUT2D eigenvalue weighted by molar-refractivity contribution is 6.25. The first-order valence-corrected chi connectivity index (χ1v) is 15.5. The van der Waals surface area contributed by atoms with Crippen LogP contribution in [0.1, 0.15) is 12.3 Å². The van der Waals surface area contributed by atoms with Gasteiger partial charge in [-0.2, -0.15) is 0 Å². The molecule has 0 N–H and O–H groups in total. The van der Waals surface area contributed by atoms with Crippen molar-refractivity contribution >= 4 is 32.3 Å². The average molecular weight is 621 g/mol. The maximum atomic E-state index is 9.03. The van der Waals surface area contributed by atoms with Crippen LogP contribution in [-0.4, -0.2) is 15.0 Å². The van der Waals surface area contributed by atoms with Gasteiger partial charge in [-0.15, -0.1) is 0 Å². The third-order valence-electron chi connectivity index (χ3n) is 8.49. The Balaban J connectivity index is 1.18. The van der Waals surface area contributed by atoms with E-state index in [-0.39, 0.29) is 23.0 Å². The van der Waals surface area contributed by atoms with Crippen molar-refractivity contribution < 1.29 is 12.3 Å². The summed E-state index contributed by atoms with van der Waals surface area (Å²) < 4.78 is 77.0. The van der Waals surface area contributed by atoms with Crippen LogP contribution in [-0.2, 0) is 0 Å². The molecule has 8 aromatic carbocycles. The lowest BCUT2D eigenvalue weighted by molar-refractivity contribution is 1.07. The minimum Gasteiger partial charge on any atom is -0.208 e. The summed E-state index contributed by atoms with van der Waals surface area (Å²) in [5, 5.41) is 7.09. The van der Waals surface area contributed by atoms with Crippen molar-refractivity contribution in [3.8, 4) is 56.4 Å². The van der Waals surface area contributed by atoms with Crippen LogP contribution in [0.3, 0.4) is 0 Å². The number of nitrogens with zero attached hydrogens (tertiary/aromatic N) is 3. The van der Waals surface area contributed by atoms with Gasteiger partial charge in [-0.3, -0.25) is 0 Å². The van der Waals surface area contributed by atoms with Crippen LogP contribution in [0.25, 0.3) is 88.7 Å². The zero-order valence-electron chi connectivity index (χ0n) is 34.4. The van der Waals surface area contributed by atoms with Gasteiger partial charge in [0.2, 0.25) is 0 Å². The van der Waals surface area contributed by atoms with E-state index in [0.717, 1.165) is 16.5 Å². The fraction of sp³-hybridized carbons (Fsp3) is 0. The first kappa shape index (κ1) is 19.9. The van der Waals surface area contributed by atoms with E-state index in [9.17, 15) is 0 Å². The molecule has 0 aliphatic heterocycles. The number of rotatable bonds is 5. The number of hydrogen-bond donors (Lipinski definition) is 0. The lowest BCUT2D eigenvalue weighted by Crippen LogP contribution is -2.00. The molecule has 3 nitrogen and oxygen atoms in total. The normalized spacial score (nSPS) is 14.0. The summed E-state index contributed by atoms with van der Waals surface area (Å²) in [6, 6.07) is 34.8. The molecule has 3 heteroatoms. The van der Waals surface area contributed by atoms with Crippen LogP contribution < -0.4 is 0 Å². The maximum absolute atomic E-state index is 9.03. The molecule has 0 spiro atoms. The molecule has 0 saturated carbocycles. The first-order chi connectivity index (χ1) is 27.5. The van der Waals surface area contributed by atoms with E-state index in [2.05, 4.69) is 71.7 Å². The van der Waals surface area contributed by atoms with Gasteiger partial charge in [-0.25, -0.2) is 15.0 Å². The van der Waals surface area contributed by atoms with Crippen molar-refractivity contribution in [2.45, 2.75) is 0 Å². The Morgan fingerprint density at radius 1 is 0.292 bits per heavy atom. The third kappa shape index (κ3) is 4.99. The molecule has 0 saturated heterocycles. The van der Waals surface area contributed by atoms with Gasteiger partial charge in [-0.1, -0.05) is 170 Å². The van der Waals surface area contributed by atoms with Crippen LogP contribution in [0.5, 0.6) is 0 Å². The molecule has 0 bridgehead atoms. The highest BCUT2D eigenvalue weighted by Gasteiger charge is 2.14. The summed E-state index contributed by atoms with van der Waals surface area (Å²) in [6.07, 6.45) is 0. The second-order valence-electron chi connectivity index (χ2n) is 11.4. The smallest absolute Gasteiger partial charge is 0.164 e. The quantitative estimate of drug-likeness (QED) is 0.180. The summed E-state index contributed by atoms with van der Waals surface area (Å²) in [4.78, 5) is 14.1. The molecule has 48 heavy (non-hydrogen) atoms. The molecule has 0 aliphatic carbocycles. The van der Waals surface area contributed by atoms with Crippen molar-refractivity contribution in [3.05, 3.63) is 176 Å². The number of hydrogen-bond acceptors (Lipinski definition) is 3. The maximum Gasteiger partial charge on any atom is 0.164 e. The predicted molar refractivity (Wildman–Crippen MR) is 200 cm³/mol. The Bertz CT molecular complexity index is 3020. The molecule has 1 heterocycles. The van der Waals surface area contributed by atoms with Crippen molar-refractivity contribution in [1.82, 2.24) is 15.0 Å². The van der Waals surface area contributed by atoms with Crippen molar-refractivity contribution in [2.24, 2.45) is 0 Å². The van der Waals surface area contributed by atoms with E-state index in [0.29, 0.717) is 11.1 Å². The zero-order valence-corrected chi connectivity index (χ0v) is 25.4. The van der Waals surface area contributed by atoms with E-state index >= 15 is 0 Å². The fourth-order valence-electron chi connectivity index (χ4n) is 6.16. The second-order valence-corrected chi connectivity index (χ2v) is 11.4. The van der Waals surface area contributed by atoms with Gasteiger partial charge >= 0.3 is 0 Å². The Labute approximate surface area is 291 Å². The van der Waals surface area contributed by atoms with Crippen LogP contribution in [0, 0.1) is 0 Å².